The molecule has 0 spiro atoms. The van der Waals surface area contributed by atoms with E-state index in [1.165, 1.54) is 18.2 Å². The monoisotopic (exact) mass is 397 g/mol. The Bertz CT molecular complexity index is 925. The molecule has 0 saturated heterocycles. The lowest BCUT2D eigenvalue weighted by atomic mass is 10.0. The van der Waals surface area contributed by atoms with E-state index in [2.05, 4.69) is 16.0 Å². The first-order valence-corrected chi connectivity index (χ1v) is 9.62. The number of carbonyl (C=O) groups is 3. The van der Waals surface area contributed by atoms with Crippen LogP contribution in [0.2, 0.25) is 0 Å². The Kier molecular flexibility index (Phi) is 6.26. The van der Waals surface area contributed by atoms with Crippen molar-refractivity contribution in [3.05, 3.63) is 65.5 Å². The van der Waals surface area contributed by atoms with Crippen molar-refractivity contribution in [1.29, 1.82) is 0 Å². The molecule has 0 radical (unpaired) electrons. The van der Waals surface area contributed by atoms with E-state index in [-0.39, 0.29) is 23.4 Å². The maximum Gasteiger partial charge on any atom is 0.254 e. The van der Waals surface area contributed by atoms with E-state index in [9.17, 15) is 18.8 Å². The summed E-state index contributed by atoms with van der Waals surface area (Å²) in [5, 5.41) is 8.22. The minimum Gasteiger partial charge on any atom is -0.349 e. The van der Waals surface area contributed by atoms with E-state index in [4.69, 9.17) is 0 Å². The zero-order chi connectivity index (χ0) is 21.0. The van der Waals surface area contributed by atoms with Crippen molar-refractivity contribution < 1.29 is 18.8 Å². The van der Waals surface area contributed by atoms with Gasteiger partial charge in [-0.2, -0.15) is 0 Å². The van der Waals surface area contributed by atoms with Crippen LogP contribution in [0, 0.1) is 11.7 Å². The molecule has 152 valence electrons. The van der Waals surface area contributed by atoms with Crippen LogP contribution in [0.4, 0.5) is 10.1 Å². The van der Waals surface area contributed by atoms with Crippen LogP contribution in [0.5, 0.6) is 0 Å². The smallest absolute Gasteiger partial charge is 0.254 e. The Morgan fingerprint density at radius 3 is 2.38 bits per heavy atom. The zero-order valence-electron chi connectivity index (χ0n) is 16.4. The third kappa shape index (κ3) is 5.40. The van der Waals surface area contributed by atoms with Crippen molar-refractivity contribution in [1.82, 2.24) is 10.6 Å². The lowest BCUT2D eigenvalue weighted by molar-refractivity contribution is -0.118. The summed E-state index contributed by atoms with van der Waals surface area (Å²) in [5.74, 6) is -2.16. The summed E-state index contributed by atoms with van der Waals surface area (Å²) >= 11 is 0. The molecule has 3 N–H and O–H groups in total. The third-order valence-corrected chi connectivity index (χ3v) is 4.66. The van der Waals surface area contributed by atoms with Crippen molar-refractivity contribution in [2.24, 2.45) is 5.92 Å². The summed E-state index contributed by atoms with van der Waals surface area (Å²) in [7, 11) is 0. The maximum absolute atomic E-state index is 13.9. The molecule has 29 heavy (non-hydrogen) atoms. The van der Waals surface area contributed by atoms with E-state index in [0.29, 0.717) is 11.3 Å². The van der Waals surface area contributed by atoms with Gasteiger partial charge in [-0.15, -0.1) is 0 Å². The molecule has 1 fully saturated rings. The molecule has 2 aromatic carbocycles. The molecule has 3 amide bonds. The Balaban J connectivity index is 1.69. The molecule has 2 aromatic rings. The van der Waals surface area contributed by atoms with Crippen molar-refractivity contribution in [3.8, 4) is 0 Å². The number of anilines is 1. The lowest BCUT2D eigenvalue weighted by Gasteiger charge is -2.22. The molecule has 1 aliphatic rings. The van der Waals surface area contributed by atoms with Crippen LogP contribution in [0.1, 0.15) is 47.4 Å². The molecule has 6 nitrogen and oxygen atoms in total. The van der Waals surface area contributed by atoms with E-state index in [0.717, 1.165) is 12.8 Å². The van der Waals surface area contributed by atoms with Crippen molar-refractivity contribution >= 4 is 23.4 Å². The van der Waals surface area contributed by atoms with Gasteiger partial charge in [0.2, 0.25) is 5.91 Å². The predicted octanol–water partition coefficient (Wildman–Crippen LogP) is 3.11. The van der Waals surface area contributed by atoms with Crippen molar-refractivity contribution in [2.45, 2.75) is 38.8 Å². The number of carbonyl (C=O) groups excluding carboxylic acids is 3. The number of nitrogens with one attached hydrogen (secondary N) is 3. The van der Waals surface area contributed by atoms with Crippen molar-refractivity contribution in [3.63, 3.8) is 0 Å². The quantitative estimate of drug-likeness (QED) is 0.671. The van der Waals surface area contributed by atoms with Gasteiger partial charge in [0.25, 0.3) is 11.8 Å². The Labute approximate surface area is 168 Å². The molecule has 1 aliphatic carbocycles. The number of benzene rings is 2. The van der Waals surface area contributed by atoms with Crippen LogP contribution in [-0.4, -0.2) is 29.8 Å². The first kappa shape index (κ1) is 20.5. The summed E-state index contributed by atoms with van der Waals surface area (Å²) in [6, 6.07) is 11.6. The van der Waals surface area contributed by atoms with E-state index < -0.39 is 23.7 Å². The van der Waals surface area contributed by atoms with E-state index in [1.54, 1.807) is 44.2 Å². The molecule has 0 bridgehead atoms. The molecule has 7 heteroatoms. The number of hydrogen-bond donors (Lipinski definition) is 3. The second-order valence-corrected chi connectivity index (χ2v) is 7.49. The van der Waals surface area contributed by atoms with Crippen molar-refractivity contribution in [2.75, 3.05) is 5.32 Å². The highest BCUT2D eigenvalue weighted by atomic mass is 19.1. The van der Waals surface area contributed by atoms with Gasteiger partial charge in [0.05, 0.1) is 5.56 Å². The molecule has 0 heterocycles. The predicted molar refractivity (Wildman–Crippen MR) is 108 cm³/mol. The molecular weight excluding hydrogens is 373 g/mol. The Morgan fingerprint density at radius 1 is 1.00 bits per heavy atom. The fourth-order valence-corrected chi connectivity index (χ4v) is 2.85. The highest BCUT2D eigenvalue weighted by Gasteiger charge is 2.26. The van der Waals surface area contributed by atoms with Gasteiger partial charge < -0.3 is 16.0 Å². The average Bonchev–Trinajstić information content (AvgIpc) is 3.50. The molecule has 0 aromatic heterocycles. The maximum atomic E-state index is 13.9. The number of rotatable bonds is 7. The lowest BCUT2D eigenvalue weighted by Crippen LogP contribution is -2.47. The second kappa shape index (κ2) is 8.86. The Hall–Kier alpha value is -3.22. The minimum atomic E-state index is -0.869. The molecular formula is C22H24FN3O3. The first-order chi connectivity index (χ1) is 13.8. The summed E-state index contributed by atoms with van der Waals surface area (Å²) < 4.78 is 13.9. The van der Waals surface area contributed by atoms with Crippen LogP contribution in [0.3, 0.4) is 0 Å². The van der Waals surface area contributed by atoms with Crippen LogP contribution in [0.25, 0.3) is 0 Å². The van der Waals surface area contributed by atoms with E-state index in [1.807, 2.05) is 0 Å². The number of hydrogen-bond acceptors (Lipinski definition) is 3. The largest absolute Gasteiger partial charge is 0.349 e. The van der Waals surface area contributed by atoms with Gasteiger partial charge in [0, 0.05) is 17.3 Å². The fraction of sp³-hybridized carbons (Fsp3) is 0.318. The van der Waals surface area contributed by atoms with Crippen LogP contribution in [-0.2, 0) is 4.79 Å². The van der Waals surface area contributed by atoms with E-state index >= 15 is 0 Å². The van der Waals surface area contributed by atoms with Gasteiger partial charge in [-0.25, -0.2) is 4.39 Å². The normalized spacial score (nSPS) is 14.2. The minimum absolute atomic E-state index is 0.121. The molecule has 0 aliphatic heterocycles. The van der Waals surface area contributed by atoms with Gasteiger partial charge in [-0.3, -0.25) is 14.4 Å². The topological polar surface area (TPSA) is 87.3 Å². The van der Waals surface area contributed by atoms with Gasteiger partial charge in [0.15, 0.2) is 0 Å². The number of amides is 3. The molecule has 3 rings (SSSR count). The second-order valence-electron chi connectivity index (χ2n) is 7.49. The van der Waals surface area contributed by atoms with Gasteiger partial charge >= 0.3 is 0 Å². The van der Waals surface area contributed by atoms with Gasteiger partial charge in [-0.05, 0) is 49.1 Å². The fourth-order valence-electron chi connectivity index (χ4n) is 2.85. The third-order valence-electron chi connectivity index (χ3n) is 4.66. The highest BCUT2D eigenvalue weighted by Crippen LogP contribution is 2.20. The van der Waals surface area contributed by atoms with Crippen LogP contribution < -0.4 is 16.0 Å². The molecule has 1 saturated carbocycles. The molecule has 1 atom stereocenters. The van der Waals surface area contributed by atoms with Crippen LogP contribution >= 0.6 is 0 Å². The number of halogens is 1. The first-order valence-electron chi connectivity index (χ1n) is 9.62. The summed E-state index contributed by atoms with van der Waals surface area (Å²) in [6.07, 6.45) is 1.97. The highest BCUT2D eigenvalue weighted by molar-refractivity contribution is 6.02. The Morgan fingerprint density at radius 2 is 1.72 bits per heavy atom. The zero-order valence-corrected chi connectivity index (χ0v) is 16.4. The summed E-state index contributed by atoms with van der Waals surface area (Å²) in [5.41, 5.74) is 0.778. The summed E-state index contributed by atoms with van der Waals surface area (Å²) in [6.45, 7) is 3.57. The van der Waals surface area contributed by atoms with Gasteiger partial charge in [-0.1, -0.05) is 32.0 Å². The van der Waals surface area contributed by atoms with Crippen LogP contribution in [0.15, 0.2) is 48.5 Å². The SMILES string of the molecule is CC(C)[C@@H](NC(=O)c1ccccc1F)C(=O)Nc1cccc(C(=O)NC2CC2)c1. The standard InChI is InChI=1S/C22H24FN3O3/c1-13(2)19(26-21(28)17-8-3-4-9-18(17)23)22(29)25-16-7-5-6-14(12-16)20(27)24-15-10-11-15/h3-9,12-13,15,19H,10-11H2,1-2H3,(H,24,27)(H,25,29)(H,26,28)/t19-/m1/s1. The summed E-state index contributed by atoms with van der Waals surface area (Å²) in [4.78, 5) is 37.4. The average molecular weight is 397 g/mol. The van der Waals surface area contributed by atoms with Gasteiger partial charge in [0.1, 0.15) is 11.9 Å². The molecule has 0 unspecified atom stereocenters.